The predicted molar refractivity (Wildman–Crippen MR) is 37.5 cm³/mol. The van der Waals surface area contributed by atoms with E-state index in [4.69, 9.17) is 0 Å². The molecule has 0 spiro atoms. The van der Waals surface area contributed by atoms with Crippen LogP contribution in [0.1, 0.15) is 13.8 Å². The lowest BCUT2D eigenvalue weighted by atomic mass is 10.6. The first kappa shape index (κ1) is 11.1. The van der Waals surface area contributed by atoms with E-state index in [1.807, 2.05) is 0 Å². The van der Waals surface area contributed by atoms with E-state index in [2.05, 4.69) is 5.32 Å². The van der Waals surface area contributed by atoms with Crippen molar-refractivity contribution < 1.29 is 18.0 Å². The van der Waals surface area contributed by atoms with E-state index in [9.17, 15) is 18.0 Å². The Balaban J connectivity index is 4.25. The van der Waals surface area contributed by atoms with E-state index >= 15 is 0 Å². The quantitative estimate of drug-likeness (QED) is 0.649. The van der Waals surface area contributed by atoms with Crippen molar-refractivity contribution in [2.75, 3.05) is 13.1 Å². The zero-order valence-corrected chi connectivity index (χ0v) is 6.90. The number of amides is 2. The molecule has 0 unspecified atom stereocenters. The molecule has 0 saturated carbocycles. The lowest BCUT2D eigenvalue weighted by molar-refractivity contribution is -0.222. The van der Waals surface area contributed by atoms with Gasteiger partial charge < -0.3 is 5.32 Å². The SMILES string of the molecule is CCNC(=O)N(CC)C(F)(F)F. The molecule has 0 aromatic heterocycles. The van der Waals surface area contributed by atoms with Crippen LogP contribution in [-0.4, -0.2) is 30.3 Å². The molecule has 0 aliphatic rings. The number of rotatable bonds is 2. The van der Waals surface area contributed by atoms with Gasteiger partial charge in [0.15, 0.2) is 0 Å². The summed E-state index contributed by atoms with van der Waals surface area (Å²) in [5, 5.41) is 2.07. The van der Waals surface area contributed by atoms with Crippen LogP contribution < -0.4 is 5.32 Å². The molecule has 2 amide bonds. The van der Waals surface area contributed by atoms with Gasteiger partial charge in [-0.2, -0.15) is 0 Å². The molecule has 0 aromatic rings. The molecule has 6 heteroatoms. The van der Waals surface area contributed by atoms with Crippen molar-refractivity contribution in [1.29, 1.82) is 0 Å². The molecule has 0 atom stereocenters. The number of alkyl halides is 3. The Bertz CT molecular complexity index is 157. The van der Waals surface area contributed by atoms with Gasteiger partial charge in [0, 0.05) is 13.1 Å². The number of carbonyl (C=O) groups excluding carboxylic acids is 1. The van der Waals surface area contributed by atoms with Crippen LogP contribution in [-0.2, 0) is 0 Å². The summed E-state index contributed by atoms with van der Waals surface area (Å²) < 4.78 is 35.9. The smallest absolute Gasteiger partial charge is 0.338 e. The van der Waals surface area contributed by atoms with E-state index in [1.165, 1.54) is 6.92 Å². The second-order valence-corrected chi connectivity index (χ2v) is 2.05. The fraction of sp³-hybridized carbons (Fsp3) is 0.833. The number of carbonyl (C=O) groups is 1. The van der Waals surface area contributed by atoms with Crippen molar-refractivity contribution in [2.45, 2.75) is 20.1 Å². The van der Waals surface area contributed by atoms with Crippen LogP contribution in [0.3, 0.4) is 0 Å². The summed E-state index contributed by atoms with van der Waals surface area (Å²) in [6, 6.07) is -1.10. The molecule has 0 radical (unpaired) electrons. The van der Waals surface area contributed by atoms with Gasteiger partial charge in [-0.25, -0.2) is 9.69 Å². The molecular formula is C6H11F3N2O. The Labute approximate surface area is 68.5 Å². The van der Waals surface area contributed by atoms with E-state index in [0.29, 0.717) is 0 Å². The highest BCUT2D eigenvalue weighted by Crippen LogP contribution is 2.20. The first-order chi connectivity index (χ1) is 5.43. The normalized spacial score (nSPS) is 11.1. The molecule has 0 aromatic carbocycles. The number of urea groups is 1. The average Bonchev–Trinajstić information content (AvgIpc) is 1.85. The summed E-state index contributed by atoms with van der Waals surface area (Å²) in [7, 11) is 0. The van der Waals surface area contributed by atoms with Gasteiger partial charge in [0.25, 0.3) is 0 Å². The third kappa shape index (κ3) is 2.98. The van der Waals surface area contributed by atoms with E-state index < -0.39 is 12.3 Å². The molecule has 0 aliphatic carbocycles. The number of hydrogen-bond donors (Lipinski definition) is 1. The maximum absolute atomic E-state index is 12.0. The summed E-state index contributed by atoms with van der Waals surface area (Å²) in [4.78, 5) is 10.5. The van der Waals surface area contributed by atoms with Crippen LogP contribution in [0.5, 0.6) is 0 Å². The average molecular weight is 184 g/mol. The Morgan fingerprint density at radius 2 is 1.92 bits per heavy atom. The van der Waals surface area contributed by atoms with Gasteiger partial charge in [0.2, 0.25) is 0 Å². The number of nitrogens with zero attached hydrogens (tertiary/aromatic N) is 1. The molecule has 12 heavy (non-hydrogen) atoms. The second kappa shape index (κ2) is 4.18. The third-order valence-electron chi connectivity index (χ3n) is 1.20. The standard InChI is InChI=1S/C6H11F3N2O/c1-3-10-5(12)11(4-2)6(7,8)9/h3-4H2,1-2H3,(H,10,12). The summed E-state index contributed by atoms with van der Waals surface area (Å²) in [5.41, 5.74) is 0. The zero-order valence-electron chi connectivity index (χ0n) is 6.90. The van der Waals surface area contributed by atoms with E-state index in [1.54, 1.807) is 6.92 Å². The number of halogens is 3. The first-order valence-corrected chi connectivity index (χ1v) is 3.55. The van der Waals surface area contributed by atoms with Crippen molar-refractivity contribution in [3.8, 4) is 0 Å². The molecule has 0 saturated heterocycles. The Kier molecular flexibility index (Phi) is 3.85. The lowest BCUT2D eigenvalue weighted by Crippen LogP contribution is -2.47. The second-order valence-electron chi connectivity index (χ2n) is 2.05. The third-order valence-corrected chi connectivity index (χ3v) is 1.20. The van der Waals surface area contributed by atoms with Gasteiger partial charge in [0.1, 0.15) is 0 Å². The summed E-state index contributed by atoms with van der Waals surface area (Å²) in [6.07, 6.45) is -4.59. The van der Waals surface area contributed by atoms with Crippen LogP contribution in [0.4, 0.5) is 18.0 Å². The van der Waals surface area contributed by atoms with Crippen LogP contribution in [0, 0.1) is 0 Å². The van der Waals surface area contributed by atoms with Gasteiger partial charge in [-0.05, 0) is 13.8 Å². The maximum Gasteiger partial charge on any atom is 0.488 e. The molecule has 0 bridgehead atoms. The van der Waals surface area contributed by atoms with Crippen LogP contribution >= 0.6 is 0 Å². The maximum atomic E-state index is 12.0. The van der Waals surface area contributed by atoms with E-state index in [0.717, 1.165) is 0 Å². The molecular weight excluding hydrogens is 173 g/mol. The Morgan fingerprint density at radius 3 is 2.17 bits per heavy atom. The Morgan fingerprint density at radius 1 is 1.42 bits per heavy atom. The molecule has 3 nitrogen and oxygen atoms in total. The number of nitrogens with one attached hydrogen (secondary N) is 1. The van der Waals surface area contributed by atoms with Crippen molar-refractivity contribution >= 4 is 6.03 Å². The van der Waals surface area contributed by atoms with Gasteiger partial charge in [0.05, 0.1) is 0 Å². The van der Waals surface area contributed by atoms with E-state index in [-0.39, 0.29) is 18.0 Å². The topological polar surface area (TPSA) is 32.3 Å². The molecule has 0 rings (SSSR count). The lowest BCUT2D eigenvalue weighted by Gasteiger charge is -2.23. The number of hydrogen-bond acceptors (Lipinski definition) is 1. The van der Waals surface area contributed by atoms with Crippen LogP contribution in [0.15, 0.2) is 0 Å². The molecule has 1 N–H and O–H groups in total. The molecule has 0 heterocycles. The molecule has 72 valence electrons. The minimum atomic E-state index is -4.59. The van der Waals surface area contributed by atoms with Crippen LogP contribution in [0.2, 0.25) is 0 Å². The van der Waals surface area contributed by atoms with Gasteiger partial charge in [-0.1, -0.05) is 0 Å². The highest BCUT2D eigenvalue weighted by molar-refractivity contribution is 5.74. The summed E-state index contributed by atoms with van der Waals surface area (Å²) >= 11 is 0. The fourth-order valence-electron chi connectivity index (χ4n) is 0.685. The molecule has 0 fully saturated rings. The van der Waals surface area contributed by atoms with Gasteiger partial charge >= 0.3 is 12.3 Å². The van der Waals surface area contributed by atoms with Gasteiger partial charge in [-0.15, -0.1) is 13.2 Å². The highest BCUT2D eigenvalue weighted by Gasteiger charge is 2.39. The van der Waals surface area contributed by atoms with Crippen molar-refractivity contribution in [3.63, 3.8) is 0 Å². The summed E-state index contributed by atoms with van der Waals surface area (Å²) in [6.45, 7) is 2.63. The van der Waals surface area contributed by atoms with Gasteiger partial charge in [-0.3, -0.25) is 0 Å². The summed E-state index contributed by atoms with van der Waals surface area (Å²) in [5.74, 6) is 0. The largest absolute Gasteiger partial charge is 0.488 e. The fourth-order valence-corrected chi connectivity index (χ4v) is 0.685. The Hall–Kier alpha value is -0.940. The van der Waals surface area contributed by atoms with Crippen LogP contribution in [0.25, 0.3) is 0 Å². The monoisotopic (exact) mass is 184 g/mol. The molecule has 0 aliphatic heterocycles. The van der Waals surface area contributed by atoms with Crippen molar-refractivity contribution in [2.24, 2.45) is 0 Å². The van der Waals surface area contributed by atoms with Crippen molar-refractivity contribution in [3.05, 3.63) is 0 Å². The minimum Gasteiger partial charge on any atom is -0.338 e. The van der Waals surface area contributed by atoms with Crippen molar-refractivity contribution in [1.82, 2.24) is 10.2 Å². The minimum absolute atomic E-state index is 0.184. The highest BCUT2D eigenvalue weighted by atomic mass is 19.4. The first-order valence-electron chi connectivity index (χ1n) is 3.55. The predicted octanol–water partition coefficient (Wildman–Crippen LogP) is 1.56. The zero-order chi connectivity index (χ0) is 9.78.